The average molecular weight is 316 g/mol. The van der Waals surface area contributed by atoms with Crippen LogP contribution in [0.1, 0.15) is 64.9 Å². The van der Waals surface area contributed by atoms with E-state index < -0.39 is 0 Å². The van der Waals surface area contributed by atoms with Crippen molar-refractivity contribution in [3.63, 3.8) is 0 Å². The van der Waals surface area contributed by atoms with Gasteiger partial charge in [-0.25, -0.2) is 0 Å². The number of amides is 2. The molecule has 0 spiro atoms. The molecule has 0 radical (unpaired) electrons. The van der Waals surface area contributed by atoms with Crippen molar-refractivity contribution in [1.82, 2.24) is 5.32 Å². The van der Waals surface area contributed by atoms with Gasteiger partial charge in [0.25, 0.3) is 0 Å². The molecular formula is C19H28N2O2. The van der Waals surface area contributed by atoms with Crippen LogP contribution in [0.15, 0.2) is 24.3 Å². The van der Waals surface area contributed by atoms with Crippen molar-refractivity contribution in [2.75, 3.05) is 5.32 Å². The largest absolute Gasteiger partial charge is 0.353 e. The second kappa shape index (κ2) is 7.62. The van der Waals surface area contributed by atoms with Crippen LogP contribution < -0.4 is 10.6 Å². The van der Waals surface area contributed by atoms with Gasteiger partial charge in [0.1, 0.15) is 6.42 Å². The molecule has 0 unspecified atom stereocenters. The lowest BCUT2D eigenvalue weighted by Crippen LogP contribution is -2.38. The molecule has 0 heterocycles. The smallest absolute Gasteiger partial charge is 0.233 e. The average Bonchev–Trinajstić information content (AvgIpc) is 2.47. The molecule has 1 aliphatic rings. The molecule has 4 nitrogen and oxygen atoms in total. The Morgan fingerprint density at radius 2 is 1.70 bits per heavy atom. The van der Waals surface area contributed by atoms with Crippen molar-refractivity contribution < 1.29 is 9.59 Å². The number of nitrogens with one attached hydrogen (secondary N) is 2. The van der Waals surface area contributed by atoms with Crippen LogP contribution >= 0.6 is 0 Å². The molecule has 2 amide bonds. The first-order valence-corrected chi connectivity index (χ1v) is 8.55. The molecule has 23 heavy (non-hydrogen) atoms. The molecule has 1 fully saturated rings. The van der Waals surface area contributed by atoms with E-state index in [1.807, 2.05) is 24.3 Å². The van der Waals surface area contributed by atoms with Gasteiger partial charge in [-0.2, -0.15) is 0 Å². The van der Waals surface area contributed by atoms with Crippen LogP contribution in [0.25, 0.3) is 0 Å². The fourth-order valence-electron chi connectivity index (χ4n) is 3.11. The molecule has 126 valence electrons. The highest BCUT2D eigenvalue weighted by atomic mass is 16.2. The number of carbonyl (C=O) groups is 2. The first kappa shape index (κ1) is 17.5. The summed E-state index contributed by atoms with van der Waals surface area (Å²) in [6, 6.07) is 8.00. The Kier molecular flexibility index (Phi) is 5.80. The number of hydrogen-bond acceptors (Lipinski definition) is 2. The Balaban J connectivity index is 1.91. The van der Waals surface area contributed by atoms with Gasteiger partial charge in [0.05, 0.1) is 0 Å². The summed E-state index contributed by atoms with van der Waals surface area (Å²) in [6.07, 6.45) is 5.51. The summed E-state index contributed by atoms with van der Waals surface area (Å²) in [4.78, 5) is 24.2. The molecule has 2 N–H and O–H groups in total. The van der Waals surface area contributed by atoms with Crippen molar-refractivity contribution in [3.05, 3.63) is 29.8 Å². The number of carbonyl (C=O) groups excluding carboxylic acids is 2. The van der Waals surface area contributed by atoms with E-state index in [1.54, 1.807) is 0 Å². The molecule has 1 aromatic carbocycles. The molecular weight excluding hydrogens is 288 g/mol. The summed E-state index contributed by atoms with van der Waals surface area (Å²) in [5, 5.41) is 5.87. The summed E-state index contributed by atoms with van der Waals surface area (Å²) in [5.41, 5.74) is 1.80. The van der Waals surface area contributed by atoms with E-state index in [1.165, 1.54) is 6.42 Å². The van der Waals surface area contributed by atoms with Crippen LogP contribution in [-0.2, 0) is 15.0 Å². The van der Waals surface area contributed by atoms with E-state index in [0.29, 0.717) is 0 Å². The Bertz CT molecular complexity index is 555. The third kappa shape index (κ3) is 5.38. The standard InChI is InChI=1S/C19H28N2O2/c1-19(2,3)15-11-7-8-12-16(15)21-18(23)13-17(22)20-14-9-5-4-6-10-14/h7-8,11-12,14H,4-6,9-10,13H2,1-3H3,(H,20,22)(H,21,23). The number of rotatable bonds is 4. The molecule has 2 rings (SSSR count). The van der Waals surface area contributed by atoms with E-state index in [-0.39, 0.29) is 29.7 Å². The molecule has 0 atom stereocenters. The predicted molar refractivity (Wildman–Crippen MR) is 93.4 cm³/mol. The van der Waals surface area contributed by atoms with Gasteiger partial charge in [-0.3, -0.25) is 9.59 Å². The van der Waals surface area contributed by atoms with Crippen molar-refractivity contribution in [1.29, 1.82) is 0 Å². The summed E-state index contributed by atoms with van der Waals surface area (Å²) in [6.45, 7) is 6.31. The number of para-hydroxylation sites is 1. The number of benzene rings is 1. The van der Waals surface area contributed by atoms with Gasteiger partial charge in [-0.05, 0) is 29.9 Å². The van der Waals surface area contributed by atoms with E-state index in [0.717, 1.165) is 36.9 Å². The molecule has 1 saturated carbocycles. The first-order chi connectivity index (χ1) is 10.9. The van der Waals surface area contributed by atoms with Crippen LogP contribution in [0.5, 0.6) is 0 Å². The Labute approximate surface area is 139 Å². The fourth-order valence-corrected chi connectivity index (χ4v) is 3.11. The van der Waals surface area contributed by atoms with Crippen LogP contribution in [-0.4, -0.2) is 17.9 Å². The van der Waals surface area contributed by atoms with Crippen LogP contribution in [0.4, 0.5) is 5.69 Å². The zero-order chi connectivity index (χ0) is 16.9. The lowest BCUT2D eigenvalue weighted by atomic mass is 9.86. The minimum Gasteiger partial charge on any atom is -0.353 e. The lowest BCUT2D eigenvalue weighted by molar-refractivity contribution is -0.127. The topological polar surface area (TPSA) is 58.2 Å². The molecule has 1 aliphatic carbocycles. The monoisotopic (exact) mass is 316 g/mol. The van der Waals surface area contributed by atoms with E-state index in [2.05, 4.69) is 31.4 Å². The Morgan fingerprint density at radius 1 is 1.04 bits per heavy atom. The highest BCUT2D eigenvalue weighted by Gasteiger charge is 2.20. The number of anilines is 1. The van der Waals surface area contributed by atoms with E-state index in [4.69, 9.17) is 0 Å². The second-order valence-electron chi connectivity index (χ2n) is 7.42. The maximum atomic E-state index is 12.2. The molecule has 0 saturated heterocycles. The zero-order valence-electron chi connectivity index (χ0n) is 14.4. The Hall–Kier alpha value is -1.84. The molecule has 4 heteroatoms. The van der Waals surface area contributed by atoms with Crippen molar-refractivity contribution in [2.24, 2.45) is 0 Å². The maximum absolute atomic E-state index is 12.2. The van der Waals surface area contributed by atoms with Crippen molar-refractivity contribution in [3.8, 4) is 0 Å². The van der Waals surface area contributed by atoms with Crippen molar-refractivity contribution >= 4 is 17.5 Å². The fraction of sp³-hybridized carbons (Fsp3) is 0.579. The van der Waals surface area contributed by atoms with Gasteiger partial charge in [0.15, 0.2) is 0 Å². The van der Waals surface area contributed by atoms with Gasteiger partial charge in [-0.15, -0.1) is 0 Å². The number of hydrogen-bond donors (Lipinski definition) is 2. The van der Waals surface area contributed by atoms with Gasteiger partial charge in [0.2, 0.25) is 11.8 Å². The summed E-state index contributed by atoms with van der Waals surface area (Å²) in [7, 11) is 0. The second-order valence-corrected chi connectivity index (χ2v) is 7.42. The van der Waals surface area contributed by atoms with Gasteiger partial charge >= 0.3 is 0 Å². The first-order valence-electron chi connectivity index (χ1n) is 8.55. The third-order valence-electron chi connectivity index (χ3n) is 4.30. The minimum atomic E-state index is -0.255. The van der Waals surface area contributed by atoms with E-state index in [9.17, 15) is 9.59 Å². The predicted octanol–water partition coefficient (Wildman–Crippen LogP) is 3.76. The van der Waals surface area contributed by atoms with Crippen LogP contribution in [0.3, 0.4) is 0 Å². The maximum Gasteiger partial charge on any atom is 0.233 e. The quantitative estimate of drug-likeness (QED) is 0.831. The Morgan fingerprint density at radius 3 is 2.35 bits per heavy atom. The van der Waals surface area contributed by atoms with Gasteiger partial charge in [-0.1, -0.05) is 58.2 Å². The molecule has 1 aromatic rings. The summed E-state index contributed by atoms with van der Waals surface area (Å²) in [5.74, 6) is -0.433. The third-order valence-corrected chi connectivity index (χ3v) is 4.30. The molecule has 0 bridgehead atoms. The molecule has 0 aromatic heterocycles. The summed E-state index contributed by atoms with van der Waals surface area (Å²) < 4.78 is 0. The lowest BCUT2D eigenvalue weighted by Gasteiger charge is -2.24. The normalized spacial score (nSPS) is 16.0. The van der Waals surface area contributed by atoms with Crippen molar-refractivity contribution in [2.45, 2.75) is 70.8 Å². The molecule has 0 aliphatic heterocycles. The summed E-state index contributed by atoms with van der Waals surface area (Å²) >= 11 is 0. The minimum absolute atomic E-state index is 0.0613. The zero-order valence-corrected chi connectivity index (χ0v) is 14.4. The van der Waals surface area contributed by atoms with E-state index >= 15 is 0 Å². The SMILES string of the molecule is CC(C)(C)c1ccccc1NC(=O)CC(=O)NC1CCCCC1. The highest BCUT2D eigenvalue weighted by Crippen LogP contribution is 2.29. The van der Waals surface area contributed by atoms with Gasteiger partial charge < -0.3 is 10.6 Å². The van der Waals surface area contributed by atoms with Crippen LogP contribution in [0, 0.1) is 0 Å². The van der Waals surface area contributed by atoms with Crippen LogP contribution in [0.2, 0.25) is 0 Å². The van der Waals surface area contributed by atoms with Gasteiger partial charge in [0, 0.05) is 11.7 Å². The highest BCUT2D eigenvalue weighted by molar-refractivity contribution is 6.04.